The summed E-state index contributed by atoms with van der Waals surface area (Å²) in [4.78, 5) is 14.3. The number of anilines is 1. The summed E-state index contributed by atoms with van der Waals surface area (Å²) in [6, 6.07) is 12.2. The van der Waals surface area contributed by atoms with Crippen LogP contribution < -0.4 is 14.8 Å². The van der Waals surface area contributed by atoms with E-state index in [0.29, 0.717) is 28.0 Å². The molecule has 0 radical (unpaired) electrons. The minimum Gasteiger partial charge on any atom is -0.490 e. The number of hydrogen-bond donors (Lipinski definition) is 2. The summed E-state index contributed by atoms with van der Waals surface area (Å²) in [6.07, 6.45) is 0.891. The lowest BCUT2D eigenvalue weighted by atomic mass is 10.2. The van der Waals surface area contributed by atoms with E-state index in [1.807, 2.05) is 26.0 Å². The SMILES string of the molecule is CC(C)C(=O)Nc1cc(Cl)ccc1OCC(CO)N1CCC(Oc2ccc(Cl)cc2)C1. The predicted molar refractivity (Wildman–Crippen MR) is 123 cm³/mol. The summed E-state index contributed by atoms with van der Waals surface area (Å²) < 4.78 is 12.0. The third-order valence-electron chi connectivity index (χ3n) is 5.18. The summed E-state index contributed by atoms with van der Waals surface area (Å²) in [5.74, 6) is 1.01. The number of benzene rings is 2. The highest BCUT2D eigenvalue weighted by Crippen LogP contribution is 2.29. The van der Waals surface area contributed by atoms with Crippen LogP contribution >= 0.6 is 23.2 Å². The van der Waals surface area contributed by atoms with E-state index in [0.717, 1.165) is 18.7 Å². The molecule has 0 saturated carbocycles. The van der Waals surface area contributed by atoms with E-state index in [1.165, 1.54) is 0 Å². The zero-order valence-electron chi connectivity index (χ0n) is 17.7. The number of carbonyl (C=O) groups excluding carboxylic acids is 1. The topological polar surface area (TPSA) is 71.0 Å². The predicted octanol–water partition coefficient (Wildman–Crippen LogP) is 4.48. The van der Waals surface area contributed by atoms with Crippen molar-refractivity contribution in [3.05, 3.63) is 52.5 Å². The first-order valence-corrected chi connectivity index (χ1v) is 11.1. The highest BCUT2D eigenvalue weighted by Gasteiger charge is 2.30. The third kappa shape index (κ3) is 6.74. The van der Waals surface area contributed by atoms with Crippen LogP contribution in [0.1, 0.15) is 20.3 Å². The molecule has 8 heteroatoms. The number of carbonyl (C=O) groups is 1. The molecule has 168 valence electrons. The van der Waals surface area contributed by atoms with Crippen molar-refractivity contribution in [2.24, 2.45) is 5.92 Å². The van der Waals surface area contributed by atoms with Gasteiger partial charge in [-0.25, -0.2) is 0 Å². The van der Waals surface area contributed by atoms with Crippen molar-refractivity contribution in [1.29, 1.82) is 0 Å². The van der Waals surface area contributed by atoms with Crippen molar-refractivity contribution >= 4 is 34.8 Å². The molecule has 1 fully saturated rings. The minimum absolute atomic E-state index is 0.0339. The van der Waals surface area contributed by atoms with Gasteiger partial charge in [-0.2, -0.15) is 0 Å². The van der Waals surface area contributed by atoms with Crippen molar-refractivity contribution in [1.82, 2.24) is 4.90 Å². The molecule has 2 unspecified atom stereocenters. The van der Waals surface area contributed by atoms with Crippen LogP contribution in [0.3, 0.4) is 0 Å². The Balaban J connectivity index is 1.58. The van der Waals surface area contributed by atoms with Crippen molar-refractivity contribution in [3.8, 4) is 11.5 Å². The van der Waals surface area contributed by atoms with Gasteiger partial charge in [0.25, 0.3) is 0 Å². The lowest BCUT2D eigenvalue weighted by Crippen LogP contribution is -2.41. The van der Waals surface area contributed by atoms with Crippen LogP contribution in [0, 0.1) is 5.92 Å². The van der Waals surface area contributed by atoms with Crippen molar-refractivity contribution < 1.29 is 19.4 Å². The number of nitrogens with zero attached hydrogens (tertiary/aromatic N) is 1. The number of aliphatic hydroxyl groups excluding tert-OH is 1. The van der Waals surface area contributed by atoms with Crippen LogP contribution in [-0.2, 0) is 4.79 Å². The Hall–Kier alpha value is -1.99. The monoisotopic (exact) mass is 466 g/mol. The third-order valence-corrected chi connectivity index (χ3v) is 5.66. The van der Waals surface area contributed by atoms with Crippen LogP contribution in [0.15, 0.2) is 42.5 Å². The first kappa shape index (κ1) is 23.7. The maximum Gasteiger partial charge on any atom is 0.227 e. The van der Waals surface area contributed by atoms with Crippen LogP contribution in [0.4, 0.5) is 5.69 Å². The molecule has 2 atom stereocenters. The van der Waals surface area contributed by atoms with Crippen LogP contribution in [0.5, 0.6) is 11.5 Å². The van der Waals surface area contributed by atoms with Crippen LogP contribution in [0.25, 0.3) is 0 Å². The second kappa shape index (κ2) is 11.0. The molecule has 1 aliphatic heterocycles. The fourth-order valence-electron chi connectivity index (χ4n) is 3.35. The number of aliphatic hydroxyl groups is 1. The number of rotatable bonds is 9. The second-order valence-corrected chi connectivity index (χ2v) is 8.78. The molecule has 1 heterocycles. The quantitative estimate of drug-likeness (QED) is 0.569. The van der Waals surface area contributed by atoms with Crippen molar-refractivity contribution in [3.63, 3.8) is 0 Å². The first-order valence-electron chi connectivity index (χ1n) is 10.4. The molecule has 0 spiro atoms. The zero-order chi connectivity index (χ0) is 22.4. The van der Waals surface area contributed by atoms with Crippen LogP contribution in [-0.4, -0.2) is 54.4 Å². The zero-order valence-corrected chi connectivity index (χ0v) is 19.2. The molecular formula is C23H28Cl2N2O4. The van der Waals surface area contributed by atoms with E-state index in [9.17, 15) is 9.90 Å². The molecule has 31 heavy (non-hydrogen) atoms. The van der Waals surface area contributed by atoms with Gasteiger partial charge in [-0.05, 0) is 48.9 Å². The molecule has 0 aromatic heterocycles. The van der Waals surface area contributed by atoms with Gasteiger partial charge in [0.2, 0.25) is 5.91 Å². The van der Waals surface area contributed by atoms with Gasteiger partial charge in [0, 0.05) is 29.1 Å². The first-order chi connectivity index (χ1) is 14.9. The smallest absolute Gasteiger partial charge is 0.227 e. The Bertz CT molecular complexity index is 876. The van der Waals surface area contributed by atoms with E-state index in [-0.39, 0.29) is 37.2 Å². The lowest BCUT2D eigenvalue weighted by Gasteiger charge is -2.26. The highest BCUT2D eigenvalue weighted by atomic mass is 35.5. The Morgan fingerprint density at radius 1 is 1.19 bits per heavy atom. The largest absolute Gasteiger partial charge is 0.490 e. The summed E-state index contributed by atoms with van der Waals surface area (Å²) in [5, 5.41) is 14.0. The standard InChI is InChI=1S/C23H28Cl2N2O4/c1-15(2)23(29)26-21-11-17(25)5-8-22(21)30-14-18(13-28)27-10-9-20(12-27)31-19-6-3-16(24)4-7-19/h3-8,11,15,18,20,28H,9-10,12-14H2,1-2H3,(H,26,29). The fraction of sp³-hybridized carbons (Fsp3) is 0.435. The molecule has 6 nitrogen and oxygen atoms in total. The van der Waals surface area contributed by atoms with E-state index in [1.54, 1.807) is 30.3 Å². The molecule has 2 aromatic carbocycles. The maximum atomic E-state index is 12.1. The molecule has 0 aliphatic carbocycles. The van der Waals surface area contributed by atoms with Crippen molar-refractivity contribution in [2.75, 3.05) is 31.6 Å². The molecule has 1 saturated heterocycles. The molecule has 1 aliphatic rings. The van der Waals surface area contributed by atoms with Gasteiger partial charge >= 0.3 is 0 Å². The molecule has 3 rings (SSSR count). The molecule has 0 bridgehead atoms. The van der Waals surface area contributed by atoms with Crippen molar-refractivity contribution in [2.45, 2.75) is 32.4 Å². The van der Waals surface area contributed by atoms with Gasteiger partial charge in [-0.1, -0.05) is 37.0 Å². The van der Waals surface area contributed by atoms with Gasteiger partial charge in [0.05, 0.1) is 18.3 Å². The van der Waals surface area contributed by atoms with Crippen LogP contribution in [0.2, 0.25) is 10.0 Å². The summed E-state index contributed by atoms with van der Waals surface area (Å²) in [5.41, 5.74) is 0.522. The Labute approximate surface area is 193 Å². The number of amides is 1. The van der Waals surface area contributed by atoms with Gasteiger partial charge in [0.1, 0.15) is 24.2 Å². The lowest BCUT2D eigenvalue weighted by molar-refractivity contribution is -0.118. The van der Waals surface area contributed by atoms with E-state index < -0.39 is 0 Å². The minimum atomic E-state index is -0.192. The van der Waals surface area contributed by atoms with E-state index >= 15 is 0 Å². The van der Waals surface area contributed by atoms with Gasteiger partial charge in [0.15, 0.2) is 0 Å². The molecular weight excluding hydrogens is 439 g/mol. The molecule has 2 N–H and O–H groups in total. The van der Waals surface area contributed by atoms with Gasteiger partial charge in [-0.3, -0.25) is 9.69 Å². The number of nitrogens with one attached hydrogen (secondary N) is 1. The Morgan fingerprint density at radius 3 is 2.58 bits per heavy atom. The number of hydrogen-bond acceptors (Lipinski definition) is 5. The number of halogens is 2. The fourth-order valence-corrected chi connectivity index (χ4v) is 3.65. The average molecular weight is 467 g/mol. The second-order valence-electron chi connectivity index (χ2n) is 7.91. The van der Waals surface area contributed by atoms with Gasteiger partial charge in [-0.15, -0.1) is 0 Å². The summed E-state index contributed by atoms with van der Waals surface area (Å²) in [7, 11) is 0. The van der Waals surface area contributed by atoms with E-state index in [4.69, 9.17) is 32.7 Å². The average Bonchev–Trinajstić information content (AvgIpc) is 3.19. The number of ether oxygens (including phenoxy) is 2. The summed E-state index contributed by atoms with van der Waals surface area (Å²) in [6.45, 7) is 5.35. The molecule has 2 aromatic rings. The van der Waals surface area contributed by atoms with E-state index in [2.05, 4.69) is 10.2 Å². The Kier molecular flexibility index (Phi) is 8.43. The highest BCUT2D eigenvalue weighted by molar-refractivity contribution is 6.31. The molecule has 1 amide bonds. The normalized spacial score (nSPS) is 17.5. The Morgan fingerprint density at radius 2 is 1.90 bits per heavy atom. The number of likely N-dealkylation sites (tertiary alicyclic amines) is 1. The maximum absolute atomic E-state index is 12.1. The summed E-state index contributed by atoms with van der Waals surface area (Å²) >= 11 is 12.0. The van der Waals surface area contributed by atoms with Gasteiger partial charge < -0.3 is 19.9 Å².